The first kappa shape index (κ1) is 69.6. The molecule has 3 aliphatic rings. The van der Waals surface area contributed by atoms with E-state index in [2.05, 4.69) is 36.3 Å². The van der Waals surface area contributed by atoms with Gasteiger partial charge < -0.3 is 30.2 Å². The number of fused-ring (bicyclic) bond motifs is 2. The Morgan fingerprint density at radius 2 is 1.38 bits per heavy atom. The zero-order valence-corrected chi connectivity index (χ0v) is 52.5. The van der Waals surface area contributed by atoms with Gasteiger partial charge in [-0.15, -0.1) is 18.7 Å². The zero-order chi connectivity index (χ0) is 50.0. The molecule has 17 nitrogen and oxygen atoms in total. The molecule has 71 heavy (non-hydrogen) atoms. The number of anilines is 1. The van der Waals surface area contributed by atoms with Gasteiger partial charge in [-0.25, -0.2) is 29.8 Å². The Morgan fingerprint density at radius 1 is 0.789 bits per heavy atom. The number of ether oxygens (including phenoxy) is 1. The van der Waals surface area contributed by atoms with Gasteiger partial charge >= 0.3 is 135 Å². The van der Waals surface area contributed by atoms with Crippen molar-refractivity contribution < 1.29 is 189 Å². The first-order valence-corrected chi connectivity index (χ1v) is 26.3. The second kappa shape index (κ2) is 30.4. The number of hydrogen-bond acceptors (Lipinski definition) is 16. The Hall–Kier alpha value is -1.38. The summed E-state index contributed by atoms with van der Waals surface area (Å²) in [5.74, 6) is 0.439. The van der Waals surface area contributed by atoms with Crippen molar-refractivity contribution in [3.05, 3.63) is 132 Å². The third-order valence-corrected chi connectivity index (χ3v) is 14.0. The summed E-state index contributed by atoms with van der Waals surface area (Å²) < 4.78 is 140. The van der Waals surface area contributed by atoms with Crippen molar-refractivity contribution in [2.75, 3.05) is 23.7 Å². The molecule has 2 heterocycles. The van der Waals surface area contributed by atoms with E-state index in [1.54, 1.807) is 6.07 Å². The van der Waals surface area contributed by atoms with Crippen LogP contribution in [-0.4, -0.2) is 86.8 Å². The molecular formula is C46H50N2Na4O15S4. The third kappa shape index (κ3) is 19.3. The fourth-order valence-corrected chi connectivity index (χ4v) is 9.88. The molecule has 0 spiro atoms. The van der Waals surface area contributed by atoms with Gasteiger partial charge in [0.2, 0.25) is 0 Å². The molecule has 0 aromatic heterocycles. The monoisotopic (exact) mass is 1090 g/mol. The Bertz CT molecular complexity index is 3000. The average Bonchev–Trinajstić information content (AvgIpc) is 3.58. The second-order valence-electron chi connectivity index (χ2n) is 16.6. The molecule has 0 unspecified atom stereocenters. The smallest absolute Gasteiger partial charge is 0.748 e. The summed E-state index contributed by atoms with van der Waals surface area (Å²) in [6, 6.07) is 18.8. The van der Waals surface area contributed by atoms with E-state index in [0.717, 1.165) is 70.7 Å². The number of unbranched alkanes of at least 4 members (excludes halogenated alkanes) is 3. The number of nitrogens with zero attached hydrogens (tertiary/aromatic N) is 2. The number of allylic oxidation sites excluding steroid dienone is 7. The molecule has 6 rings (SSSR count). The molecule has 0 N–H and O–H groups in total. The molecule has 0 bridgehead atoms. The molecule has 0 saturated carbocycles. The predicted octanol–water partition coefficient (Wildman–Crippen LogP) is -5.89. The van der Waals surface area contributed by atoms with Crippen LogP contribution in [-0.2, 0) is 61.4 Å². The van der Waals surface area contributed by atoms with Crippen molar-refractivity contribution in [2.24, 2.45) is 0 Å². The Kier molecular flexibility index (Phi) is 29.8. The van der Waals surface area contributed by atoms with Crippen LogP contribution in [0.5, 0.6) is 5.75 Å². The van der Waals surface area contributed by atoms with Crippen molar-refractivity contribution in [2.45, 2.75) is 99.7 Å². The minimum atomic E-state index is -4.69. The van der Waals surface area contributed by atoms with Gasteiger partial charge in [0.1, 0.15) is 44.0 Å². The van der Waals surface area contributed by atoms with Crippen molar-refractivity contribution in [3.8, 4) is 5.75 Å². The molecule has 0 fully saturated rings. The van der Waals surface area contributed by atoms with Gasteiger partial charge in [0, 0.05) is 47.0 Å². The first-order chi connectivity index (χ1) is 31.3. The average molecular weight is 1090 g/mol. The van der Waals surface area contributed by atoms with E-state index in [9.17, 15) is 38.9 Å². The van der Waals surface area contributed by atoms with Crippen LogP contribution < -0.4 is 128 Å². The van der Waals surface area contributed by atoms with Crippen molar-refractivity contribution in [3.63, 3.8) is 0 Å². The molecule has 3 aromatic carbocycles. The van der Waals surface area contributed by atoms with Gasteiger partial charge in [-0.2, -0.15) is 34.2 Å². The summed E-state index contributed by atoms with van der Waals surface area (Å²) >= 11 is 0. The normalized spacial score (nSPS) is 16.6. The first-order valence-electron chi connectivity index (χ1n) is 20.9. The predicted molar refractivity (Wildman–Crippen MR) is 242 cm³/mol. The molecule has 0 amide bonds. The van der Waals surface area contributed by atoms with Crippen LogP contribution in [0.2, 0.25) is 0 Å². The molecule has 25 heteroatoms. The van der Waals surface area contributed by atoms with Crippen LogP contribution in [0.15, 0.2) is 117 Å². The van der Waals surface area contributed by atoms with Crippen LogP contribution in [0.25, 0.3) is 0 Å². The Morgan fingerprint density at radius 3 is 1.94 bits per heavy atom. The number of hydrogen-bond donors (Lipinski definition) is 0. The van der Waals surface area contributed by atoms with Crippen molar-refractivity contribution in [1.29, 1.82) is 0 Å². The second-order valence-corrected chi connectivity index (χ2v) is 21.3. The standard InChI is InChI=1S/C45H53N2O10S3.CO2.4Na.O3S/c1-6-7-10-28-47-40-25-24-36(60(54,55)56)31-38(40)45(4,5)42(47)27-19-33-15-13-14-32(43(33)57-34-20-22-35(23-21-34)59(51,52)53)18-26-41-44(2,3)37-16-8-9-17-39(37)46(41)29-11-12-30-58(48,49)50;2-1-3;;;;;1-4(2)3/h9,16-27,31H,1,6-7,10-15,28-30H2,2-5H3,(H,48,49,50)(H,51,52,53)(H,54,55,56);;;;;;/q-1;;4*+1;/p-3. The molecule has 1 aliphatic carbocycles. The Labute approximate surface area is 507 Å². The van der Waals surface area contributed by atoms with Crippen LogP contribution in [0.3, 0.4) is 0 Å². The molecule has 0 atom stereocenters. The van der Waals surface area contributed by atoms with Crippen LogP contribution in [0.1, 0.15) is 90.2 Å². The van der Waals surface area contributed by atoms with E-state index >= 15 is 0 Å². The van der Waals surface area contributed by atoms with Gasteiger partial charge in [-0.05, 0) is 103 Å². The van der Waals surface area contributed by atoms with Gasteiger partial charge in [0.05, 0.1) is 19.9 Å². The number of rotatable bonds is 16. The zero-order valence-electron chi connectivity index (χ0n) is 41.2. The summed E-state index contributed by atoms with van der Waals surface area (Å²) in [5.41, 5.74) is 6.00. The van der Waals surface area contributed by atoms with Gasteiger partial charge in [0.25, 0.3) is 0 Å². The van der Waals surface area contributed by atoms with Crippen LogP contribution >= 0.6 is 0 Å². The van der Waals surface area contributed by atoms with Crippen LogP contribution in [0, 0.1) is 13.0 Å². The molecule has 0 radical (unpaired) electrons. The minimum absolute atomic E-state index is 0. The summed E-state index contributed by atoms with van der Waals surface area (Å²) in [4.78, 5) is 17.7. The summed E-state index contributed by atoms with van der Waals surface area (Å²) in [7, 11) is -16.8. The fourth-order valence-electron chi connectivity index (χ4n) is 8.35. The molecule has 3 aromatic rings. The van der Waals surface area contributed by atoms with E-state index < -0.39 is 57.5 Å². The van der Waals surface area contributed by atoms with E-state index in [0.29, 0.717) is 43.9 Å². The quantitative estimate of drug-likeness (QED) is 0.0425. The van der Waals surface area contributed by atoms with E-state index in [1.807, 2.05) is 56.4 Å². The molecule has 2 aliphatic heterocycles. The maximum atomic E-state index is 12.1. The van der Waals surface area contributed by atoms with E-state index in [-0.39, 0.29) is 141 Å². The summed E-state index contributed by atoms with van der Waals surface area (Å²) in [6.07, 6.45) is 13.5. The van der Waals surface area contributed by atoms with Gasteiger partial charge in [-0.3, -0.25) is 0 Å². The topological polar surface area (TPSA) is 272 Å². The molecule has 0 saturated heterocycles. The SMILES string of the molecule is O=C=O.O=S(=O)=O.[CH2-]CCCCN1C(=CC=C2CCCC(C=CC3=[N+](CCCCS(=O)(=O)[O-])c4cc[c-]cc4C3(C)C)=C2Oc2ccc(S(=O)(=O)[O-])cc2)C(C)(C)c2cc(S(=O)(=O)[O-])ccc21.[Na+].[Na+].[Na+].[Na+]. The fraction of sp³-hybridized carbons (Fsp3) is 0.370. The van der Waals surface area contributed by atoms with Gasteiger partial charge in [0.15, 0.2) is 5.71 Å². The summed E-state index contributed by atoms with van der Waals surface area (Å²) in [6.45, 7) is 13.3. The maximum Gasteiger partial charge on any atom is 1.00 e. The van der Waals surface area contributed by atoms with Crippen molar-refractivity contribution >= 4 is 64.2 Å². The minimum Gasteiger partial charge on any atom is -0.748 e. The largest absolute Gasteiger partial charge is 1.00 e. The number of carbonyl (C=O) groups excluding carboxylic acids is 2. The third-order valence-electron chi connectivity index (χ3n) is 11.5. The van der Waals surface area contributed by atoms with Crippen LogP contribution in [0.4, 0.5) is 11.4 Å². The Balaban J connectivity index is 0.00000419. The van der Waals surface area contributed by atoms with E-state index in [1.165, 1.54) is 36.4 Å². The maximum absolute atomic E-state index is 12.1. The van der Waals surface area contributed by atoms with E-state index in [4.69, 9.17) is 27.0 Å². The molecular weight excluding hydrogens is 1040 g/mol. The number of benzene rings is 3. The van der Waals surface area contributed by atoms with Crippen molar-refractivity contribution in [1.82, 2.24) is 0 Å². The van der Waals surface area contributed by atoms with Gasteiger partial charge in [-0.1, -0.05) is 45.8 Å². The summed E-state index contributed by atoms with van der Waals surface area (Å²) in [5, 5.41) is 0. The molecule has 362 valence electrons.